The molecule has 0 aliphatic heterocycles. The van der Waals surface area contributed by atoms with Gasteiger partial charge in [-0.3, -0.25) is 4.98 Å². The number of nitrogens with two attached hydrogens (primary N) is 1. The lowest BCUT2D eigenvalue weighted by Crippen LogP contribution is -2.15. The molecule has 2 rings (SSSR count). The van der Waals surface area contributed by atoms with Gasteiger partial charge in [0.2, 0.25) is 0 Å². The van der Waals surface area contributed by atoms with Gasteiger partial charge in [0.25, 0.3) is 0 Å². The maximum atomic E-state index is 6.37. The monoisotopic (exact) mass is 276 g/mol. The predicted octanol–water partition coefficient (Wildman–Crippen LogP) is 4.90. The Morgan fingerprint density at radius 3 is 2.95 bits per heavy atom. The molecule has 0 saturated heterocycles. The van der Waals surface area contributed by atoms with Crippen LogP contribution in [0.4, 0.5) is 0 Å². The minimum atomic E-state index is 0.126. The number of unbranched alkanes of at least 4 members (excludes halogenated alkanes) is 1. The van der Waals surface area contributed by atoms with E-state index >= 15 is 0 Å². The summed E-state index contributed by atoms with van der Waals surface area (Å²) in [4.78, 5) is 4.49. The molecule has 0 aliphatic rings. The molecule has 2 aromatic rings. The van der Waals surface area contributed by atoms with E-state index in [4.69, 9.17) is 5.73 Å². The highest BCUT2D eigenvalue weighted by Crippen LogP contribution is 2.27. The Kier molecular flexibility index (Phi) is 5.34. The van der Waals surface area contributed by atoms with Crippen LogP contribution in [0.15, 0.2) is 23.7 Å². The first kappa shape index (κ1) is 14.5. The third-order valence-corrected chi connectivity index (χ3v) is 4.74. The van der Waals surface area contributed by atoms with Crippen molar-refractivity contribution in [1.29, 1.82) is 0 Å². The van der Waals surface area contributed by atoms with E-state index in [1.165, 1.54) is 35.9 Å². The lowest BCUT2D eigenvalue weighted by molar-refractivity contribution is 0.388. The van der Waals surface area contributed by atoms with Crippen LogP contribution in [0, 0.1) is 5.92 Å². The van der Waals surface area contributed by atoms with Crippen LogP contribution >= 0.6 is 11.3 Å². The van der Waals surface area contributed by atoms with Gasteiger partial charge < -0.3 is 5.73 Å². The normalized spacial score (nSPS) is 14.7. The lowest BCUT2D eigenvalue weighted by atomic mass is 9.90. The molecule has 2 aromatic heterocycles. The largest absolute Gasteiger partial charge is 0.324 e. The summed E-state index contributed by atoms with van der Waals surface area (Å²) in [7, 11) is 0. The Labute approximate surface area is 120 Å². The van der Waals surface area contributed by atoms with E-state index in [0.29, 0.717) is 0 Å². The van der Waals surface area contributed by atoms with Crippen LogP contribution in [0.5, 0.6) is 0 Å². The van der Waals surface area contributed by atoms with E-state index in [1.54, 1.807) is 11.3 Å². The van der Waals surface area contributed by atoms with Crippen molar-refractivity contribution in [2.45, 2.75) is 52.0 Å². The van der Waals surface area contributed by atoms with E-state index < -0.39 is 0 Å². The molecule has 2 heterocycles. The summed E-state index contributed by atoms with van der Waals surface area (Å²) < 4.78 is 1.24. The van der Waals surface area contributed by atoms with Crippen molar-refractivity contribution in [3.05, 3.63) is 29.3 Å². The zero-order valence-corrected chi connectivity index (χ0v) is 12.7. The molecule has 3 heteroatoms. The summed E-state index contributed by atoms with van der Waals surface area (Å²) in [6.07, 6.45) is 8.14. The molecule has 19 heavy (non-hydrogen) atoms. The summed E-state index contributed by atoms with van der Waals surface area (Å²) in [5, 5.41) is 2.09. The number of hydrogen-bond acceptors (Lipinski definition) is 3. The summed E-state index contributed by atoms with van der Waals surface area (Å²) in [6, 6.07) is 4.40. The van der Waals surface area contributed by atoms with Crippen LogP contribution in [0.2, 0.25) is 0 Å². The zero-order valence-electron chi connectivity index (χ0n) is 11.9. The molecule has 0 aromatic carbocycles. The standard InChI is InChI=1S/C16H24N2S/c1-3-5-6-12(4-2)9-14(17)13-10-16-15(18-11-13)7-8-19-16/h7-8,10-12,14H,3-6,9,17H2,1-2H3. The van der Waals surface area contributed by atoms with Crippen LogP contribution in [0.3, 0.4) is 0 Å². The molecule has 0 fully saturated rings. The molecule has 0 aliphatic carbocycles. The average Bonchev–Trinajstić information content (AvgIpc) is 2.90. The van der Waals surface area contributed by atoms with Gasteiger partial charge in [0.1, 0.15) is 0 Å². The molecular weight excluding hydrogens is 252 g/mol. The number of pyridine rings is 1. The molecule has 0 bridgehead atoms. The fourth-order valence-corrected chi connectivity index (χ4v) is 3.33. The highest BCUT2D eigenvalue weighted by Gasteiger charge is 2.14. The maximum absolute atomic E-state index is 6.37. The van der Waals surface area contributed by atoms with Gasteiger partial charge in [-0.05, 0) is 35.4 Å². The van der Waals surface area contributed by atoms with Gasteiger partial charge in [0, 0.05) is 12.2 Å². The Balaban J connectivity index is 2.03. The van der Waals surface area contributed by atoms with Crippen molar-refractivity contribution >= 4 is 21.6 Å². The zero-order chi connectivity index (χ0) is 13.7. The van der Waals surface area contributed by atoms with E-state index in [2.05, 4.69) is 36.3 Å². The van der Waals surface area contributed by atoms with Crippen molar-refractivity contribution in [2.75, 3.05) is 0 Å². The van der Waals surface area contributed by atoms with Gasteiger partial charge in [0.05, 0.1) is 10.2 Å². The minimum Gasteiger partial charge on any atom is -0.324 e. The van der Waals surface area contributed by atoms with Gasteiger partial charge in [0.15, 0.2) is 0 Å². The predicted molar refractivity (Wildman–Crippen MR) is 84.5 cm³/mol. The lowest BCUT2D eigenvalue weighted by Gasteiger charge is -2.19. The molecule has 0 spiro atoms. The van der Waals surface area contributed by atoms with E-state index in [-0.39, 0.29) is 6.04 Å². The molecule has 2 nitrogen and oxygen atoms in total. The van der Waals surface area contributed by atoms with E-state index in [9.17, 15) is 0 Å². The van der Waals surface area contributed by atoms with Crippen LogP contribution in [0.1, 0.15) is 57.6 Å². The maximum Gasteiger partial charge on any atom is 0.0809 e. The van der Waals surface area contributed by atoms with Gasteiger partial charge in [-0.2, -0.15) is 0 Å². The van der Waals surface area contributed by atoms with Crippen molar-refractivity contribution in [3.63, 3.8) is 0 Å². The van der Waals surface area contributed by atoms with E-state index in [1.807, 2.05) is 6.20 Å². The molecule has 104 valence electrons. The number of fused-ring (bicyclic) bond motifs is 1. The molecule has 2 unspecified atom stereocenters. The van der Waals surface area contributed by atoms with Crippen molar-refractivity contribution in [1.82, 2.24) is 4.98 Å². The van der Waals surface area contributed by atoms with Crippen LogP contribution in [-0.4, -0.2) is 4.98 Å². The molecule has 2 N–H and O–H groups in total. The first-order chi connectivity index (χ1) is 9.24. The van der Waals surface area contributed by atoms with Gasteiger partial charge >= 0.3 is 0 Å². The Hall–Kier alpha value is -0.930. The third kappa shape index (κ3) is 3.77. The first-order valence-corrected chi connectivity index (χ1v) is 8.21. The number of nitrogens with zero attached hydrogens (tertiary/aromatic N) is 1. The van der Waals surface area contributed by atoms with Crippen molar-refractivity contribution in [3.8, 4) is 0 Å². The topological polar surface area (TPSA) is 38.9 Å². The first-order valence-electron chi connectivity index (χ1n) is 7.33. The second kappa shape index (κ2) is 7.01. The van der Waals surface area contributed by atoms with Crippen LogP contribution in [-0.2, 0) is 0 Å². The Morgan fingerprint density at radius 2 is 2.21 bits per heavy atom. The second-order valence-corrected chi connectivity index (χ2v) is 6.28. The highest BCUT2D eigenvalue weighted by atomic mass is 32.1. The van der Waals surface area contributed by atoms with Crippen LogP contribution in [0.25, 0.3) is 10.2 Å². The molecule has 0 amide bonds. The number of thiophene rings is 1. The van der Waals surface area contributed by atoms with Crippen molar-refractivity contribution in [2.24, 2.45) is 11.7 Å². The average molecular weight is 276 g/mol. The summed E-state index contributed by atoms with van der Waals surface area (Å²) in [5.74, 6) is 0.744. The SMILES string of the molecule is CCCCC(CC)CC(N)c1cnc2ccsc2c1. The van der Waals surface area contributed by atoms with Crippen molar-refractivity contribution < 1.29 is 0 Å². The van der Waals surface area contributed by atoms with E-state index in [0.717, 1.165) is 17.9 Å². The van der Waals surface area contributed by atoms with Gasteiger partial charge in [-0.25, -0.2) is 0 Å². The molecule has 0 radical (unpaired) electrons. The quantitative estimate of drug-likeness (QED) is 0.781. The van der Waals surface area contributed by atoms with Crippen LogP contribution < -0.4 is 5.73 Å². The number of rotatable bonds is 7. The smallest absolute Gasteiger partial charge is 0.0809 e. The summed E-state index contributed by atoms with van der Waals surface area (Å²) >= 11 is 1.74. The minimum absolute atomic E-state index is 0.126. The Bertz CT molecular complexity index is 506. The van der Waals surface area contributed by atoms with Gasteiger partial charge in [-0.1, -0.05) is 39.5 Å². The van der Waals surface area contributed by atoms with Gasteiger partial charge in [-0.15, -0.1) is 11.3 Å². The number of hydrogen-bond donors (Lipinski definition) is 1. The Morgan fingerprint density at radius 1 is 1.37 bits per heavy atom. The second-order valence-electron chi connectivity index (χ2n) is 5.33. The molecule has 2 atom stereocenters. The number of aromatic nitrogens is 1. The fourth-order valence-electron chi connectivity index (χ4n) is 2.54. The summed E-state index contributed by atoms with van der Waals surface area (Å²) in [5.41, 5.74) is 8.64. The molecular formula is C16H24N2S. The fraction of sp³-hybridized carbons (Fsp3) is 0.562. The third-order valence-electron chi connectivity index (χ3n) is 3.88. The molecule has 0 saturated carbocycles. The summed E-state index contributed by atoms with van der Waals surface area (Å²) in [6.45, 7) is 4.52. The highest BCUT2D eigenvalue weighted by molar-refractivity contribution is 7.17.